The number of hydrogen-bond acceptors (Lipinski definition) is 4. The van der Waals surface area contributed by atoms with E-state index in [1.807, 2.05) is 18.2 Å². The summed E-state index contributed by atoms with van der Waals surface area (Å²) in [7, 11) is 0. The fraction of sp³-hybridized carbons (Fsp3) is 0.133. The predicted octanol–water partition coefficient (Wildman–Crippen LogP) is 1.34. The molecule has 2 aromatic rings. The molecule has 6 heteroatoms. The van der Waals surface area contributed by atoms with Gasteiger partial charge in [-0.1, -0.05) is 6.07 Å². The molecule has 1 aliphatic rings. The Kier molecular flexibility index (Phi) is 3.51. The van der Waals surface area contributed by atoms with Crippen LogP contribution in [0.1, 0.15) is 16.1 Å². The second-order valence-corrected chi connectivity index (χ2v) is 4.55. The van der Waals surface area contributed by atoms with Crippen molar-refractivity contribution in [3.63, 3.8) is 0 Å². The minimum atomic E-state index is -0.233. The number of amides is 2. The fourth-order valence-electron chi connectivity index (χ4n) is 2.00. The highest BCUT2D eigenvalue weighted by molar-refractivity contribution is 5.99. The van der Waals surface area contributed by atoms with Crippen LogP contribution in [0.5, 0.6) is 5.75 Å². The maximum absolute atomic E-state index is 12.1. The molecule has 0 fully saturated rings. The Bertz CT molecular complexity index is 686. The first kappa shape index (κ1) is 13.1. The van der Waals surface area contributed by atoms with Gasteiger partial charge in [0.2, 0.25) is 0 Å². The van der Waals surface area contributed by atoms with Crippen LogP contribution in [0, 0.1) is 0 Å². The summed E-state index contributed by atoms with van der Waals surface area (Å²) < 4.78 is 5.25. The van der Waals surface area contributed by atoms with Crippen molar-refractivity contribution in [1.29, 1.82) is 0 Å². The van der Waals surface area contributed by atoms with Gasteiger partial charge < -0.3 is 15.4 Å². The molecule has 3 rings (SSSR count). The number of hydrogen-bond donors (Lipinski definition) is 2. The third kappa shape index (κ3) is 3.00. The molecule has 106 valence electrons. The number of nitrogens with one attached hydrogen (secondary N) is 2. The van der Waals surface area contributed by atoms with Gasteiger partial charge in [0.1, 0.15) is 5.75 Å². The predicted molar refractivity (Wildman–Crippen MR) is 76.0 cm³/mol. The Labute approximate surface area is 121 Å². The minimum Gasteiger partial charge on any atom is -0.482 e. The van der Waals surface area contributed by atoms with E-state index < -0.39 is 0 Å². The zero-order valence-corrected chi connectivity index (χ0v) is 11.1. The molecule has 0 aliphatic carbocycles. The number of rotatable bonds is 3. The van der Waals surface area contributed by atoms with Crippen LogP contribution >= 0.6 is 0 Å². The van der Waals surface area contributed by atoms with E-state index in [1.165, 1.54) is 0 Å². The molecule has 6 nitrogen and oxygen atoms in total. The lowest BCUT2D eigenvalue weighted by atomic mass is 10.1. The van der Waals surface area contributed by atoms with E-state index in [1.54, 1.807) is 24.4 Å². The topological polar surface area (TPSA) is 80.3 Å². The number of carbonyl (C=O) groups excluding carboxylic acids is 2. The minimum absolute atomic E-state index is 0.00177. The molecule has 0 saturated heterocycles. The van der Waals surface area contributed by atoms with Crippen LogP contribution in [-0.2, 0) is 11.3 Å². The highest BCUT2D eigenvalue weighted by atomic mass is 16.5. The van der Waals surface area contributed by atoms with Gasteiger partial charge >= 0.3 is 0 Å². The summed E-state index contributed by atoms with van der Waals surface area (Å²) in [4.78, 5) is 27.5. The number of pyridine rings is 1. The van der Waals surface area contributed by atoms with E-state index >= 15 is 0 Å². The van der Waals surface area contributed by atoms with Crippen LogP contribution in [0.25, 0.3) is 0 Å². The zero-order valence-electron chi connectivity index (χ0n) is 11.1. The van der Waals surface area contributed by atoms with Crippen molar-refractivity contribution in [2.45, 2.75) is 6.54 Å². The Hall–Kier alpha value is -2.89. The van der Waals surface area contributed by atoms with Crippen molar-refractivity contribution in [3.05, 3.63) is 53.9 Å². The SMILES string of the molecule is O=C1COc2ccc(C(=O)NCc3ccccn3)cc2N1. The molecule has 2 amide bonds. The standard InChI is InChI=1S/C15H13N3O3/c19-14-9-21-13-5-4-10(7-12(13)18-14)15(20)17-8-11-3-1-2-6-16-11/h1-7H,8-9H2,(H,17,20)(H,18,19). The Balaban J connectivity index is 1.70. The number of anilines is 1. The molecule has 0 spiro atoms. The van der Waals surface area contributed by atoms with Gasteiger partial charge in [-0.25, -0.2) is 0 Å². The van der Waals surface area contributed by atoms with Gasteiger partial charge in [-0.3, -0.25) is 14.6 Å². The maximum atomic E-state index is 12.1. The number of ether oxygens (including phenoxy) is 1. The number of nitrogens with zero attached hydrogens (tertiary/aromatic N) is 1. The zero-order chi connectivity index (χ0) is 14.7. The van der Waals surface area contributed by atoms with Crippen molar-refractivity contribution in [3.8, 4) is 5.75 Å². The average Bonchev–Trinajstić information content (AvgIpc) is 2.53. The van der Waals surface area contributed by atoms with Crippen LogP contribution < -0.4 is 15.4 Å². The molecule has 2 N–H and O–H groups in total. The van der Waals surface area contributed by atoms with Gasteiger partial charge in [0, 0.05) is 11.8 Å². The highest BCUT2D eigenvalue weighted by Gasteiger charge is 2.17. The summed E-state index contributed by atoms with van der Waals surface area (Å²) in [6.45, 7) is 0.345. The molecule has 2 heterocycles. The van der Waals surface area contributed by atoms with E-state index in [9.17, 15) is 9.59 Å². The summed E-state index contributed by atoms with van der Waals surface area (Å²) in [5.41, 5.74) is 1.74. The molecule has 0 atom stereocenters. The molecule has 21 heavy (non-hydrogen) atoms. The van der Waals surface area contributed by atoms with Gasteiger partial charge in [-0.05, 0) is 30.3 Å². The van der Waals surface area contributed by atoms with Crippen molar-refractivity contribution in [2.75, 3.05) is 11.9 Å². The van der Waals surface area contributed by atoms with E-state index in [4.69, 9.17) is 4.74 Å². The molecule has 1 aromatic heterocycles. The van der Waals surface area contributed by atoms with E-state index in [0.717, 1.165) is 5.69 Å². The summed E-state index contributed by atoms with van der Waals surface area (Å²) in [5, 5.41) is 5.45. The van der Waals surface area contributed by atoms with Crippen LogP contribution in [-0.4, -0.2) is 23.4 Å². The first-order valence-corrected chi connectivity index (χ1v) is 6.47. The van der Waals surface area contributed by atoms with Crippen molar-refractivity contribution >= 4 is 17.5 Å². The number of carbonyl (C=O) groups is 2. The van der Waals surface area contributed by atoms with Crippen LogP contribution in [0.4, 0.5) is 5.69 Å². The van der Waals surface area contributed by atoms with Crippen LogP contribution in [0.2, 0.25) is 0 Å². The van der Waals surface area contributed by atoms with Crippen LogP contribution in [0.3, 0.4) is 0 Å². The second-order valence-electron chi connectivity index (χ2n) is 4.55. The van der Waals surface area contributed by atoms with Crippen molar-refractivity contribution in [1.82, 2.24) is 10.3 Å². The summed E-state index contributed by atoms with van der Waals surface area (Å²) in [6.07, 6.45) is 1.67. The van der Waals surface area contributed by atoms with Crippen LogP contribution in [0.15, 0.2) is 42.6 Å². The molecule has 1 aliphatic heterocycles. The highest BCUT2D eigenvalue weighted by Crippen LogP contribution is 2.28. The Morgan fingerprint density at radius 2 is 2.24 bits per heavy atom. The first-order valence-electron chi connectivity index (χ1n) is 6.47. The van der Waals surface area contributed by atoms with Crippen molar-refractivity contribution in [2.24, 2.45) is 0 Å². The molecule has 0 saturated carbocycles. The molecule has 0 bridgehead atoms. The third-order valence-corrected chi connectivity index (χ3v) is 3.03. The third-order valence-electron chi connectivity index (χ3n) is 3.03. The summed E-state index contributed by atoms with van der Waals surface area (Å²) >= 11 is 0. The summed E-state index contributed by atoms with van der Waals surface area (Å²) in [5.74, 6) is 0.104. The van der Waals surface area contributed by atoms with Gasteiger partial charge in [-0.15, -0.1) is 0 Å². The lowest BCUT2D eigenvalue weighted by Gasteiger charge is -2.18. The number of fused-ring (bicyclic) bond motifs is 1. The second kappa shape index (κ2) is 5.62. The van der Waals surface area contributed by atoms with Gasteiger partial charge in [0.15, 0.2) is 6.61 Å². The van der Waals surface area contributed by atoms with E-state index in [2.05, 4.69) is 15.6 Å². The summed E-state index contributed by atoms with van der Waals surface area (Å²) in [6, 6.07) is 10.4. The molecule has 0 unspecified atom stereocenters. The lowest BCUT2D eigenvalue weighted by molar-refractivity contribution is -0.118. The normalized spacial score (nSPS) is 12.9. The monoisotopic (exact) mass is 283 g/mol. The Morgan fingerprint density at radius 1 is 1.33 bits per heavy atom. The lowest BCUT2D eigenvalue weighted by Crippen LogP contribution is -2.27. The van der Waals surface area contributed by atoms with E-state index in [-0.39, 0.29) is 18.4 Å². The Morgan fingerprint density at radius 3 is 3.05 bits per heavy atom. The maximum Gasteiger partial charge on any atom is 0.262 e. The largest absolute Gasteiger partial charge is 0.482 e. The molecule has 0 radical (unpaired) electrons. The van der Waals surface area contributed by atoms with Gasteiger partial charge in [0.05, 0.1) is 17.9 Å². The molecular formula is C15H13N3O3. The first-order chi connectivity index (χ1) is 10.2. The molecule has 1 aromatic carbocycles. The van der Waals surface area contributed by atoms with Crippen molar-refractivity contribution < 1.29 is 14.3 Å². The van der Waals surface area contributed by atoms with E-state index in [0.29, 0.717) is 23.5 Å². The molecular weight excluding hydrogens is 270 g/mol. The fourth-order valence-corrected chi connectivity index (χ4v) is 2.00. The number of benzene rings is 1. The average molecular weight is 283 g/mol. The van der Waals surface area contributed by atoms with Gasteiger partial charge in [0.25, 0.3) is 11.8 Å². The smallest absolute Gasteiger partial charge is 0.262 e. The quantitative estimate of drug-likeness (QED) is 0.891. The number of aromatic nitrogens is 1. The van der Waals surface area contributed by atoms with Gasteiger partial charge in [-0.2, -0.15) is 0 Å².